The summed E-state index contributed by atoms with van der Waals surface area (Å²) >= 11 is 5.91. The molecule has 150 valence electrons. The lowest BCUT2D eigenvalue weighted by molar-refractivity contribution is -0.148. The van der Waals surface area contributed by atoms with Crippen molar-refractivity contribution in [2.45, 2.75) is 44.8 Å². The number of carbonyl (C=O) groups is 1. The van der Waals surface area contributed by atoms with Crippen molar-refractivity contribution in [1.82, 2.24) is 4.90 Å². The number of nitrogens with zero attached hydrogens (tertiary/aromatic N) is 1. The van der Waals surface area contributed by atoms with Crippen LogP contribution in [0.15, 0.2) is 54.6 Å². The molecule has 0 spiro atoms. The van der Waals surface area contributed by atoms with Gasteiger partial charge in [0.1, 0.15) is 5.75 Å². The largest absolute Gasteiger partial charge is 0.478 e. The van der Waals surface area contributed by atoms with Gasteiger partial charge in [-0.3, -0.25) is 4.79 Å². The van der Waals surface area contributed by atoms with Crippen molar-refractivity contribution in [3.05, 3.63) is 65.2 Å². The molecule has 28 heavy (non-hydrogen) atoms. The van der Waals surface area contributed by atoms with E-state index in [4.69, 9.17) is 21.1 Å². The minimum Gasteiger partial charge on any atom is -0.478 e. The van der Waals surface area contributed by atoms with Gasteiger partial charge in [-0.1, -0.05) is 41.9 Å². The molecule has 0 radical (unpaired) electrons. The smallest absolute Gasteiger partial charge is 0.266 e. The average molecular weight is 402 g/mol. The van der Waals surface area contributed by atoms with Crippen LogP contribution in [0.2, 0.25) is 5.02 Å². The fourth-order valence-corrected chi connectivity index (χ4v) is 3.56. The first-order valence-corrected chi connectivity index (χ1v) is 10.2. The summed E-state index contributed by atoms with van der Waals surface area (Å²) in [6, 6.07) is 17.4. The van der Waals surface area contributed by atoms with E-state index in [1.807, 2.05) is 36.9 Å². The second-order valence-corrected chi connectivity index (χ2v) is 8.10. The molecule has 2 aromatic carbocycles. The Hall–Kier alpha value is -2.04. The zero-order chi connectivity index (χ0) is 20.0. The highest BCUT2D eigenvalue weighted by Crippen LogP contribution is 2.24. The van der Waals surface area contributed by atoms with Gasteiger partial charge in [-0.2, -0.15) is 0 Å². The van der Waals surface area contributed by atoms with Gasteiger partial charge in [-0.15, -0.1) is 0 Å². The average Bonchev–Trinajstić information content (AvgIpc) is 2.70. The Morgan fingerprint density at radius 1 is 1.07 bits per heavy atom. The van der Waals surface area contributed by atoms with Gasteiger partial charge in [-0.05, 0) is 62.9 Å². The number of amides is 1. The van der Waals surface area contributed by atoms with Crippen LogP contribution in [0.3, 0.4) is 0 Å². The molecule has 1 fully saturated rings. The number of rotatable bonds is 7. The van der Waals surface area contributed by atoms with Crippen LogP contribution >= 0.6 is 11.6 Å². The normalized spacial score (nSPS) is 15.5. The molecule has 0 bridgehead atoms. The molecule has 0 atom stereocenters. The molecule has 0 aliphatic carbocycles. The van der Waals surface area contributed by atoms with Gasteiger partial charge in [0.25, 0.3) is 5.91 Å². The highest BCUT2D eigenvalue weighted by atomic mass is 35.5. The molecule has 0 aromatic heterocycles. The summed E-state index contributed by atoms with van der Waals surface area (Å²) in [6.45, 7) is 5.73. The second kappa shape index (κ2) is 9.44. The molecule has 3 rings (SSSR count). The van der Waals surface area contributed by atoms with Crippen LogP contribution in [0, 0.1) is 0 Å². The van der Waals surface area contributed by atoms with Gasteiger partial charge in [-0.25, -0.2) is 0 Å². The van der Waals surface area contributed by atoms with Gasteiger partial charge < -0.3 is 14.4 Å². The van der Waals surface area contributed by atoms with Gasteiger partial charge >= 0.3 is 0 Å². The molecule has 1 heterocycles. The third-order valence-corrected chi connectivity index (χ3v) is 5.27. The summed E-state index contributed by atoms with van der Waals surface area (Å²) in [5.74, 6) is 0.645. The minimum absolute atomic E-state index is 0.00480. The summed E-state index contributed by atoms with van der Waals surface area (Å²) in [4.78, 5) is 14.8. The van der Waals surface area contributed by atoms with Gasteiger partial charge in [0.2, 0.25) is 0 Å². The first kappa shape index (κ1) is 20.7. The fourth-order valence-electron chi connectivity index (χ4n) is 3.44. The summed E-state index contributed by atoms with van der Waals surface area (Å²) < 4.78 is 12.0. The fraction of sp³-hybridized carbons (Fsp3) is 0.435. The first-order valence-electron chi connectivity index (χ1n) is 9.83. The molecule has 0 saturated carbocycles. The predicted octanol–water partition coefficient (Wildman–Crippen LogP) is 4.75. The lowest BCUT2D eigenvalue weighted by Crippen LogP contribution is -2.52. The number of halogens is 1. The zero-order valence-corrected chi connectivity index (χ0v) is 17.3. The van der Waals surface area contributed by atoms with Crippen LogP contribution < -0.4 is 4.74 Å². The number of piperidine rings is 1. The third kappa shape index (κ3) is 5.73. The van der Waals surface area contributed by atoms with Gasteiger partial charge in [0.05, 0.1) is 12.7 Å². The van der Waals surface area contributed by atoms with E-state index in [-0.39, 0.29) is 12.0 Å². The first-order chi connectivity index (χ1) is 13.4. The predicted molar refractivity (Wildman–Crippen MR) is 112 cm³/mol. The number of carbonyl (C=O) groups excluding carboxylic acids is 1. The number of likely N-dealkylation sites (tertiary alicyclic amines) is 1. The summed E-state index contributed by atoms with van der Waals surface area (Å²) in [7, 11) is 0. The lowest BCUT2D eigenvalue weighted by Gasteiger charge is -2.37. The Balaban J connectivity index is 1.44. The van der Waals surface area contributed by atoms with E-state index < -0.39 is 5.60 Å². The number of hydrogen-bond donors (Lipinski definition) is 0. The number of benzene rings is 2. The van der Waals surface area contributed by atoms with Crippen molar-refractivity contribution in [2.75, 3.05) is 19.7 Å². The van der Waals surface area contributed by atoms with Crippen molar-refractivity contribution in [3.8, 4) is 5.75 Å². The van der Waals surface area contributed by atoms with E-state index in [1.54, 1.807) is 24.3 Å². The van der Waals surface area contributed by atoms with Crippen LogP contribution in [-0.2, 0) is 16.0 Å². The summed E-state index contributed by atoms with van der Waals surface area (Å²) in [6.07, 6.45) is 2.85. The van der Waals surface area contributed by atoms with E-state index in [1.165, 1.54) is 5.56 Å². The zero-order valence-electron chi connectivity index (χ0n) is 16.6. The van der Waals surface area contributed by atoms with E-state index in [0.717, 1.165) is 19.3 Å². The van der Waals surface area contributed by atoms with Crippen molar-refractivity contribution in [1.29, 1.82) is 0 Å². The Bertz CT molecular complexity index is 753. The highest BCUT2D eigenvalue weighted by Gasteiger charge is 2.36. The number of ether oxygens (including phenoxy) is 2. The highest BCUT2D eigenvalue weighted by molar-refractivity contribution is 6.30. The molecule has 4 nitrogen and oxygen atoms in total. The second-order valence-electron chi connectivity index (χ2n) is 7.66. The standard InChI is InChI=1S/C23H28ClNO3/c1-23(2,28-21-10-8-19(24)9-11-21)22(26)25-15-12-20(13-16-25)27-17-14-18-6-4-3-5-7-18/h3-11,20H,12-17H2,1-2H3. The topological polar surface area (TPSA) is 38.8 Å². The third-order valence-electron chi connectivity index (χ3n) is 5.02. The van der Waals surface area contributed by atoms with Crippen LogP contribution in [0.4, 0.5) is 0 Å². The van der Waals surface area contributed by atoms with Crippen LogP contribution in [-0.4, -0.2) is 42.2 Å². The number of hydrogen-bond acceptors (Lipinski definition) is 3. The molecule has 0 unspecified atom stereocenters. The van der Waals surface area contributed by atoms with Crippen LogP contribution in [0.1, 0.15) is 32.3 Å². The Morgan fingerprint density at radius 2 is 1.71 bits per heavy atom. The van der Waals surface area contributed by atoms with E-state index in [2.05, 4.69) is 12.1 Å². The lowest BCUT2D eigenvalue weighted by atomic mass is 10.0. The Labute approximate surface area is 172 Å². The molecule has 0 N–H and O–H groups in total. The van der Waals surface area contributed by atoms with Gasteiger partial charge in [0.15, 0.2) is 5.60 Å². The van der Waals surface area contributed by atoms with Crippen molar-refractivity contribution in [3.63, 3.8) is 0 Å². The minimum atomic E-state index is -0.922. The van der Waals surface area contributed by atoms with E-state index >= 15 is 0 Å². The maximum Gasteiger partial charge on any atom is 0.266 e. The van der Waals surface area contributed by atoms with Crippen molar-refractivity contribution < 1.29 is 14.3 Å². The SMILES string of the molecule is CC(C)(Oc1ccc(Cl)cc1)C(=O)N1CCC(OCCc2ccccc2)CC1. The van der Waals surface area contributed by atoms with Crippen LogP contribution in [0.25, 0.3) is 0 Å². The summed E-state index contributed by atoms with van der Waals surface area (Å²) in [5, 5.41) is 0.644. The molecule has 1 aliphatic heterocycles. The Morgan fingerprint density at radius 3 is 2.36 bits per heavy atom. The van der Waals surface area contributed by atoms with Crippen LogP contribution in [0.5, 0.6) is 5.75 Å². The maximum absolute atomic E-state index is 12.9. The molecule has 1 saturated heterocycles. The maximum atomic E-state index is 12.9. The van der Waals surface area contributed by atoms with Crippen molar-refractivity contribution >= 4 is 17.5 Å². The monoisotopic (exact) mass is 401 g/mol. The molecular formula is C23H28ClNO3. The van der Waals surface area contributed by atoms with E-state index in [0.29, 0.717) is 30.5 Å². The molecule has 5 heteroatoms. The quantitative estimate of drug-likeness (QED) is 0.672. The van der Waals surface area contributed by atoms with E-state index in [9.17, 15) is 4.79 Å². The molecule has 1 amide bonds. The Kier molecular flexibility index (Phi) is 6.97. The van der Waals surface area contributed by atoms with Gasteiger partial charge in [0, 0.05) is 18.1 Å². The molecule has 1 aliphatic rings. The molecule has 2 aromatic rings. The molecular weight excluding hydrogens is 374 g/mol. The van der Waals surface area contributed by atoms with Crippen molar-refractivity contribution in [2.24, 2.45) is 0 Å². The summed E-state index contributed by atoms with van der Waals surface area (Å²) in [5.41, 5.74) is 0.366.